The van der Waals surface area contributed by atoms with E-state index in [1.807, 2.05) is 42.2 Å². The highest BCUT2D eigenvalue weighted by Crippen LogP contribution is 2.36. The van der Waals surface area contributed by atoms with E-state index in [1.54, 1.807) is 12.1 Å². The van der Waals surface area contributed by atoms with Crippen LogP contribution in [0.5, 0.6) is 5.75 Å². The van der Waals surface area contributed by atoms with Gasteiger partial charge in [-0.25, -0.2) is 9.64 Å². The van der Waals surface area contributed by atoms with Gasteiger partial charge in [0.2, 0.25) is 0 Å². The fourth-order valence-electron chi connectivity index (χ4n) is 4.72. The fourth-order valence-corrected chi connectivity index (χ4v) is 4.85. The van der Waals surface area contributed by atoms with Gasteiger partial charge >= 0.3 is 6.03 Å². The Hall–Kier alpha value is -3.57. The van der Waals surface area contributed by atoms with Crippen molar-refractivity contribution in [3.05, 3.63) is 81.7 Å². The lowest BCUT2D eigenvalue weighted by Crippen LogP contribution is -2.43. The van der Waals surface area contributed by atoms with Crippen molar-refractivity contribution in [2.24, 2.45) is 0 Å². The normalized spacial score (nSPS) is 19.3. The number of likely N-dealkylation sites (tertiary alicyclic amines) is 1. The third-order valence-corrected chi connectivity index (χ3v) is 6.75. The highest BCUT2D eigenvalue weighted by molar-refractivity contribution is 6.30. The maximum absolute atomic E-state index is 13.4. The molecule has 0 bridgehead atoms. The summed E-state index contributed by atoms with van der Waals surface area (Å²) in [4.78, 5) is 18.7. The second-order valence-electron chi connectivity index (χ2n) is 8.64. The van der Waals surface area contributed by atoms with Crippen LogP contribution in [0.2, 0.25) is 5.02 Å². The first kappa shape index (κ1) is 22.2. The summed E-state index contributed by atoms with van der Waals surface area (Å²) in [7, 11) is 0. The van der Waals surface area contributed by atoms with Crippen LogP contribution in [0.3, 0.4) is 0 Å². The summed E-state index contributed by atoms with van der Waals surface area (Å²) >= 11 is 6.04. The smallest absolute Gasteiger partial charge is 0.318 e. The second-order valence-corrected chi connectivity index (χ2v) is 9.08. The van der Waals surface area contributed by atoms with E-state index in [9.17, 15) is 4.79 Å². The van der Waals surface area contributed by atoms with Crippen molar-refractivity contribution in [3.8, 4) is 5.75 Å². The Morgan fingerprint density at radius 1 is 1.24 bits per heavy atom. The number of nitrogens with zero attached hydrogens (tertiary/aromatic N) is 5. The van der Waals surface area contributed by atoms with Gasteiger partial charge in [-0.2, -0.15) is 0 Å². The Labute approximate surface area is 203 Å². The van der Waals surface area contributed by atoms with Crippen LogP contribution in [0.4, 0.5) is 10.5 Å². The summed E-state index contributed by atoms with van der Waals surface area (Å²) < 4.78 is 7.82. The van der Waals surface area contributed by atoms with Gasteiger partial charge in [0.25, 0.3) is 0 Å². The SMILES string of the molecule is [C-]#[N+]c1ccc2c(c1)OCCC2NC(=O)N1CCC[C@@H]1c1nnc(C)n1Cc1ccc(Cl)cc1. The highest BCUT2D eigenvalue weighted by atomic mass is 35.5. The van der Waals surface area contributed by atoms with E-state index in [2.05, 4.69) is 24.9 Å². The lowest BCUT2D eigenvalue weighted by atomic mass is 10.00. The van der Waals surface area contributed by atoms with Gasteiger partial charge in [0.1, 0.15) is 11.6 Å². The average Bonchev–Trinajstić information content (AvgIpc) is 3.47. The number of fused-ring (bicyclic) bond motifs is 1. The van der Waals surface area contributed by atoms with Crippen molar-refractivity contribution in [1.82, 2.24) is 25.0 Å². The number of benzene rings is 2. The molecule has 3 aromatic rings. The van der Waals surface area contributed by atoms with E-state index in [0.717, 1.165) is 35.6 Å². The molecule has 2 aromatic carbocycles. The van der Waals surface area contributed by atoms with Crippen LogP contribution in [0.25, 0.3) is 4.85 Å². The van der Waals surface area contributed by atoms with Gasteiger partial charge < -0.3 is 19.5 Å². The van der Waals surface area contributed by atoms with Crippen LogP contribution >= 0.6 is 11.6 Å². The van der Waals surface area contributed by atoms with Gasteiger partial charge in [-0.3, -0.25) is 0 Å². The second kappa shape index (κ2) is 9.35. The molecule has 174 valence electrons. The number of carbonyl (C=O) groups is 1. The minimum absolute atomic E-state index is 0.117. The molecule has 1 saturated heterocycles. The number of aryl methyl sites for hydroxylation is 1. The first-order valence-electron chi connectivity index (χ1n) is 11.4. The van der Waals surface area contributed by atoms with Crippen molar-refractivity contribution in [2.75, 3.05) is 13.2 Å². The number of aromatic nitrogens is 3. The number of rotatable bonds is 4. The lowest BCUT2D eigenvalue weighted by Gasteiger charge is -2.31. The van der Waals surface area contributed by atoms with Crippen molar-refractivity contribution >= 4 is 23.3 Å². The van der Waals surface area contributed by atoms with Gasteiger partial charge in [-0.1, -0.05) is 35.9 Å². The molecule has 34 heavy (non-hydrogen) atoms. The van der Waals surface area contributed by atoms with Crippen LogP contribution < -0.4 is 10.1 Å². The number of amides is 2. The number of hydrogen-bond donors (Lipinski definition) is 1. The minimum atomic E-state index is -0.161. The number of hydrogen-bond acceptors (Lipinski definition) is 4. The molecule has 2 aliphatic heterocycles. The van der Waals surface area contributed by atoms with Crippen LogP contribution in [0.15, 0.2) is 42.5 Å². The molecule has 1 fully saturated rings. The zero-order chi connectivity index (χ0) is 23.7. The Morgan fingerprint density at radius 2 is 2.06 bits per heavy atom. The standard InChI is InChI=1S/C25H25ClN6O2/c1-16-29-30-24(32(16)15-17-5-7-18(26)8-6-17)22-4-3-12-31(22)25(33)28-21-11-13-34-23-14-19(27-2)9-10-20(21)23/h5-10,14,21-22H,3-4,11-13,15H2,1H3,(H,28,33)/t21?,22-/m1/s1. The lowest BCUT2D eigenvalue weighted by molar-refractivity contribution is 0.179. The summed E-state index contributed by atoms with van der Waals surface area (Å²) in [5.41, 5.74) is 2.53. The van der Waals surface area contributed by atoms with Gasteiger partial charge in [0.15, 0.2) is 11.5 Å². The molecule has 1 unspecified atom stereocenters. The number of urea groups is 1. The van der Waals surface area contributed by atoms with E-state index in [-0.39, 0.29) is 18.1 Å². The number of halogens is 1. The zero-order valence-corrected chi connectivity index (χ0v) is 19.6. The maximum Gasteiger partial charge on any atom is 0.318 e. The van der Waals surface area contributed by atoms with E-state index in [0.29, 0.717) is 42.6 Å². The Morgan fingerprint density at radius 3 is 2.85 bits per heavy atom. The molecule has 0 aliphatic carbocycles. The number of ether oxygens (including phenoxy) is 1. The Balaban J connectivity index is 1.35. The summed E-state index contributed by atoms with van der Waals surface area (Å²) in [6.07, 6.45) is 2.43. The topological polar surface area (TPSA) is 76.6 Å². The van der Waals surface area contributed by atoms with Crippen LogP contribution in [0.1, 0.15) is 54.1 Å². The molecular weight excluding hydrogens is 452 g/mol. The van der Waals surface area contributed by atoms with Crippen molar-refractivity contribution in [3.63, 3.8) is 0 Å². The Kier molecular flexibility index (Phi) is 6.12. The highest BCUT2D eigenvalue weighted by Gasteiger charge is 2.35. The quantitative estimate of drug-likeness (QED) is 0.524. The van der Waals surface area contributed by atoms with Crippen molar-refractivity contribution in [1.29, 1.82) is 0 Å². The van der Waals surface area contributed by atoms with Crippen LogP contribution in [0, 0.1) is 13.5 Å². The van der Waals surface area contributed by atoms with Gasteiger partial charge in [0.05, 0.1) is 31.8 Å². The summed E-state index contributed by atoms with van der Waals surface area (Å²) in [5.74, 6) is 2.28. The molecule has 8 nitrogen and oxygen atoms in total. The molecule has 3 heterocycles. The molecule has 0 radical (unpaired) electrons. The number of nitrogens with one attached hydrogen (secondary N) is 1. The van der Waals surface area contributed by atoms with Gasteiger partial charge in [0, 0.05) is 23.6 Å². The van der Waals surface area contributed by atoms with E-state index in [1.165, 1.54) is 0 Å². The summed E-state index contributed by atoms with van der Waals surface area (Å²) in [5, 5.41) is 12.7. The van der Waals surface area contributed by atoms with Gasteiger partial charge in [-0.15, -0.1) is 10.2 Å². The first-order valence-corrected chi connectivity index (χ1v) is 11.8. The molecule has 2 amide bonds. The predicted octanol–water partition coefficient (Wildman–Crippen LogP) is 5.21. The monoisotopic (exact) mass is 476 g/mol. The zero-order valence-electron chi connectivity index (χ0n) is 18.9. The fraction of sp³-hybridized carbons (Fsp3) is 0.360. The molecule has 2 aliphatic rings. The largest absolute Gasteiger partial charge is 0.494 e. The Bertz CT molecular complexity index is 1250. The molecule has 9 heteroatoms. The molecule has 2 atom stereocenters. The molecule has 1 N–H and O–H groups in total. The van der Waals surface area contributed by atoms with E-state index < -0.39 is 0 Å². The molecule has 0 spiro atoms. The molecule has 5 rings (SSSR count). The van der Waals surface area contributed by atoms with Crippen molar-refractivity contribution < 1.29 is 9.53 Å². The molecule has 0 saturated carbocycles. The van der Waals surface area contributed by atoms with Crippen LogP contribution in [-0.4, -0.2) is 38.8 Å². The van der Waals surface area contributed by atoms with Crippen LogP contribution in [-0.2, 0) is 6.54 Å². The van der Waals surface area contributed by atoms with E-state index in [4.69, 9.17) is 22.9 Å². The first-order chi connectivity index (χ1) is 16.5. The third-order valence-electron chi connectivity index (χ3n) is 6.49. The van der Waals surface area contributed by atoms with Gasteiger partial charge in [-0.05, 0) is 43.5 Å². The van der Waals surface area contributed by atoms with Crippen molar-refractivity contribution in [2.45, 2.75) is 44.8 Å². The van der Waals surface area contributed by atoms with E-state index >= 15 is 0 Å². The predicted molar refractivity (Wildman–Crippen MR) is 128 cm³/mol. The molecule has 1 aromatic heterocycles. The average molecular weight is 477 g/mol. The molecular formula is C25H25ClN6O2. The maximum atomic E-state index is 13.4. The minimum Gasteiger partial charge on any atom is -0.494 e. The summed E-state index contributed by atoms with van der Waals surface area (Å²) in [6.45, 7) is 10.9. The summed E-state index contributed by atoms with van der Waals surface area (Å²) in [6, 6.07) is 12.7. The third kappa shape index (κ3) is 4.31. The number of carbonyl (C=O) groups excluding carboxylic acids is 1.